The van der Waals surface area contributed by atoms with Crippen molar-refractivity contribution in [2.75, 3.05) is 5.32 Å². The van der Waals surface area contributed by atoms with E-state index >= 15 is 0 Å². The van der Waals surface area contributed by atoms with Crippen molar-refractivity contribution in [3.8, 4) is 0 Å². The zero-order valence-electron chi connectivity index (χ0n) is 18.8. The van der Waals surface area contributed by atoms with Crippen LogP contribution in [0.1, 0.15) is 26.3 Å². The lowest BCUT2D eigenvalue weighted by atomic mass is 10.1. The number of hydrogen-bond acceptors (Lipinski definition) is 8. The van der Waals surface area contributed by atoms with Crippen LogP contribution in [0.4, 0.5) is 11.4 Å². The fourth-order valence-corrected chi connectivity index (χ4v) is 4.26. The average Bonchev–Trinajstić information content (AvgIpc) is 3.07. The van der Waals surface area contributed by atoms with Gasteiger partial charge >= 0.3 is 0 Å². The quantitative estimate of drug-likeness (QED) is 0.398. The average molecular weight is 474 g/mol. The van der Waals surface area contributed by atoms with E-state index in [1.165, 1.54) is 31.2 Å². The predicted octanol–water partition coefficient (Wildman–Crippen LogP) is 2.84. The molecule has 0 aliphatic carbocycles. The third-order valence-corrected chi connectivity index (χ3v) is 6.83. The molecule has 1 fully saturated rings. The van der Waals surface area contributed by atoms with Gasteiger partial charge in [-0.05, 0) is 56.7 Å². The molecule has 0 spiro atoms. The van der Waals surface area contributed by atoms with Gasteiger partial charge in [-0.3, -0.25) is 14.4 Å². The summed E-state index contributed by atoms with van der Waals surface area (Å²) in [5.41, 5.74) is 4.47. The van der Waals surface area contributed by atoms with Crippen LogP contribution in [0.15, 0.2) is 63.7 Å². The van der Waals surface area contributed by atoms with Gasteiger partial charge in [0.1, 0.15) is 6.23 Å². The molecule has 2 aromatic carbocycles. The zero-order valence-corrected chi connectivity index (χ0v) is 19.6. The molecule has 1 heterocycles. The van der Waals surface area contributed by atoms with Crippen molar-refractivity contribution in [2.45, 2.75) is 50.9 Å². The van der Waals surface area contributed by atoms with Crippen LogP contribution in [0.5, 0.6) is 0 Å². The summed E-state index contributed by atoms with van der Waals surface area (Å²) in [5.74, 6) is -1.12. The number of carbonyl (C=O) groups excluding carboxylic acids is 2. The Balaban J connectivity index is 1.69. The normalized spacial score (nSPS) is 21.8. The Hall–Kier alpha value is -2.99. The van der Waals surface area contributed by atoms with Crippen LogP contribution in [0.2, 0.25) is 0 Å². The number of nitrogens with one attached hydrogen (secondary N) is 3. The number of anilines is 1. The molecule has 33 heavy (non-hydrogen) atoms. The van der Waals surface area contributed by atoms with Crippen molar-refractivity contribution in [2.24, 2.45) is 16.1 Å². The van der Waals surface area contributed by atoms with Gasteiger partial charge in [-0.15, -0.1) is 0 Å². The van der Waals surface area contributed by atoms with Crippen LogP contribution >= 0.6 is 0 Å². The highest BCUT2D eigenvalue weighted by atomic mass is 32.2. The first-order valence-electron chi connectivity index (χ1n) is 10.4. The van der Waals surface area contributed by atoms with E-state index in [0.29, 0.717) is 11.4 Å². The summed E-state index contributed by atoms with van der Waals surface area (Å²) in [4.78, 5) is 29.8. The van der Waals surface area contributed by atoms with Gasteiger partial charge in [-0.25, -0.2) is 8.42 Å². The van der Waals surface area contributed by atoms with Crippen LogP contribution < -0.4 is 15.5 Å². The number of azo groups is 1. The summed E-state index contributed by atoms with van der Waals surface area (Å²) >= 11 is 0. The van der Waals surface area contributed by atoms with Gasteiger partial charge in [0.15, 0.2) is 5.78 Å². The molecule has 0 radical (unpaired) electrons. The van der Waals surface area contributed by atoms with E-state index < -0.39 is 34.0 Å². The Labute approximate surface area is 192 Å². The molecule has 11 heteroatoms. The van der Waals surface area contributed by atoms with Gasteiger partial charge in [0.05, 0.1) is 10.6 Å². The van der Waals surface area contributed by atoms with Gasteiger partial charge in [-0.1, -0.05) is 25.1 Å². The molecule has 3 rings (SSSR count). The number of Topliss-reactive ketones (excluding diaryl/α,β-unsaturated/α-hetero) is 1. The van der Waals surface area contributed by atoms with Crippen LogP contribution in [0.25, 0.3) is 0 Å². The maximum absolute atomic E-state index is 12.6. The fraction of sp³-hybridized carbons (Fsp3) is 0.364. The van der Waals surface area contributed by atoms with E-state index in [2.05, 4.69) is 25.7 Å². The molecule has 1 aliphatic heterocycles. The summed E-state index contributed by atoms with van der Waals surface area (Å²) < 4.78 is 27.8. The number of nitrogens with zero attached hydrogens (tertiary/aromatic N) is 2. The van der Waals surface area contributed by atoms with Crippen molar-refractivity contribution >= 4 is 33.1 Å². The van der Waals surface area contributed by atoms with Gasteiger partial charge in [0.2, 0.25) is 16.1 Å². The van der Waals surface area contributed by atoms with Crippen LogP contribution in [-0.4, -0.2) is 38.4 Å². The summed E-state index contributed by atoms with van der Waals surface area (Å²) in [6, 6.07) is 11.5. The second kappa shape index (κ2) is 10.3. The predicted molar refractivity (Wildman–Crippen MR) is 122 cm³/mol. The molecule has 10 nitrogen and oxygen atoms in total. The number of rotatable bonds is 8. The SMILES string of the molecule is CC(=O)C(N=Nc1ccc(S(=O)(=O)NC2ONC(C)C2C)cc1)C(=O)Nc1ccccc1C. The zero-order chi connectivity index (χ0) is 24.2. The Morgan fingerprint density at radius 3 is 2.33 bits per heavy atom. The molecular formula is C22H27N5O5S. The minimum atomic E-state index is -3.82. The third-order valence-electron chi connectivity index (χ3n) is 5.39. The van der Waals surface area contributed by atoms with Crippen molar-refractivity contribution in [1.82, 2.24) is 10.2 Å². The van der Waals surface area contributed by atoms with Gasteiger partial charge in [-0.2, -0.15) is 20.4 Å². The highest BCUT2D eigenvalue weighted by Crippen LogP contribution is 2.22. The lowest BCUT2D eigenvalue weighted by molar-refractivity contribution is -0.126. The Kier molecular flexibility index (Phi) is 7.69. The first-order valence-corrected chi connectivity index (χ1v) is 11.9. The number of aryl methyl sites for hydroxylation is 1. The maximum Gasteiger partial charge on any atom is 0.258 e. The van der Waals surface area contributed by atoms with E-state index in [0.717, 1.165) is 5.56 Å². The Morgan fingerprint density at radius 2 is 1.76 bits per heavy atom. The minimum absolute atomic E-state index is 0.0118. The highest BCUT2D eigenvalue weighted by molar-refractivity contribution is 7.89. The molecule has 2 aromatic rings. The molecule has 176 valence electrons. The molecule has 1 aliphatic rings. The first kappa shape index (κ1) is 24.6. The topological polar surface area (TPSA) is 138 Å². The third kappa shape index (κ3) is 6.08. The lowest BCUT2D eigenvalue weighted by Gasteiger charge is -2.16. The van der Waals surface area contributed by atoms with E-state index in [9.17, 15) is 18.0 Å². The smallest absolute Gasteiger partial charge is 0.258 e. The second-order valence-electron chi connectivity index (χ2n) is 7.95. The second-order valence-corrected chi connectivity index (χ2v) is 9.67. The molecular weight excluding hydrogens is 446 g/mol. The minimum Gasteiger partial charge on any atom is -0.324 e. The number of hydrogen-bond donors (Lipinski definition) is 3. The van der Waals surface area contributed by atoms with Crippen molar-refractivity contribution in [3.05, 3.63) is 54.1 Å². The van der Waals surface area contributed by atoms with Crippen molar-refractivity contribution < 1.29 is 22.8 Å². The maximum atomic E-state index is 12.6. The van der Waals surface area contributed by atoms with E-state index in [1.54, 1.807) is 12.1 Å². The molecule has 0 saturated carbocycles. The van der Waals surface area contributed by atoms with Crippen molar-refractivity contribution in [1.29, 1.82) is 0 Å². The van der Waals surface area contributed by atoms with Gasteiger partial charge in [0.25, 0.3) is 5.91 Å². The van der Waals surface area contributed by atoms with Crippen LogP contribution in [0.3, 0.4) is 0 Å². The molecule has 0 bridgehead atoms. The molecule has 1 saturated heterocycles. The molecule has 0 aromatic heterocycles. The summed E-state index contributed by atoms with van der Waals surface area (Å²) in [6.07, 6.45) is -0.688. The fourth-order valence-electron chi connectivity index (χ4n) is 3.06. The van der Waals surface area contributed by atoms with Gasteiger partial charge < -0.3 is 5.32 Å². The van der Waals surface area contributed by atoms with E-state index in [4.69, 9.17) is 4.84 Å². The molecule has 1 amide bonds. The number of benzene rings is 2. The summed E-state index contributed by atoms with van der Waals surface area (Å²) in [7, 11) is -3.82. The standard InChI is InChI=1S/C22H27N5O5S/c1-13-7-5-6-8-19(13)23-21(29)20(16(4)28)25-24-17-9-11-18(12-10-17)33(30,31)27-22-14(2)15(3)26-32-22/h5-12,14-15,20,22,26-27H,1-4H3,(H,23,29). The van der Waals surface area contributed by atoms with Crippen molar-refractivity contribution in [3.63, 3.8) is 0 Å². The monoisotopic (exact) mass is 473 g/mol. The molecule has 3 N–H and O–H groups in total. The number of sulfonamides is 1. The summed E-state index contributed by atoms with van der Waals surface area (Å²) in [6.45, 7) is 6.86. The van der Waals surface area contributed by atoms with E-state index in [-0.39, 0.29) is 16.9 Å². The molecule has 4 atom stereocenters. The Bertz CT molecular complexity index is 1150. The largest absolute Gasteiger partial charge is 0.324 e. The van der Waals surface area contributed by atoms with Gasteiger partial charge in [0, 0.05) is 17.6 Å². The highest BCUT2D eigenvalue weighted by Gasteiger charge is 2.34. The first-order chi connectivity index (χ1) is 15.6. The number of ketones is 1. The van der Waals surface area contributed by atoms with E-state index in [1.807, 2.05) is 32.9 Å². The number of amides is 1. The summed E-state index contributed by atoms with van der Waals surface area (Å²) in [5, 5.41) is 10.5. The van der Waals surface area contributed by atoms with Crippen LogP contribution in [-0.2, 0) is 24.4 Å². The number of hydroxylamine groups is 1. The Morgan fingerprint density at radius 1 is 1.09 bits per heavy atom. The lowest BCUT2D eigenvalue weighted by Crippen LogP contribution is -2.38. The molecule has 4 unspecified atom stereocenters. The number of carbonyl (C=O) groups is 2. The van der Waals surface area contributed by atoms with Crippen LogP contribution in [0, 0.1) is 12.8 Å². The number of para-hydroxylation sites is 1.